The van der Waals surface area contributed by atoms with E-state index in [9.17, 15) is 33.0 Å². The Morgan fingerprint density at radius 2 is 1.58 bits per heavy atom. The van der Waals surface area contributed by atoms with Crippen LogP contribution in [0.3, 0.4) is 0 Å². The van der Waals surface area contributed by atoms with Crippen molar-refractivity contribution in [2.24, 2.45) is 0 Å². The summed E-state index contributed by atoms with van der Waals surface area (Å²) in [5.41, 5.74) is 0.437. The van der Waals surface area contributed by atoms with Gasteiger partial charge in [-0.1, -0.05) is 42.0 Å². The molecule has 5 nitrogen and oxygen atoms in total. The third-order valence-electron chi connectivity index (χ3n) is 5.43. The molecule has 1 unspecified atom stereocenters. The fraction of sp³-hybridized carbons (Fsp3) is 0.120. The van der Waals surface area contributed by atoms with Crippen molar-refractivity contribution < 1.29 is 33.0 Å². The van der Waals surface area contributed by atoms with Crippen LogP contribution in [0.25, 0.3) is 5.76 Å². The van der Waals surface area contributed by atoms with Gasteiger partial charge in [-0.15, -0.1) is 0 Å². The van der Waals surface area contributed by atoms with Crippen molar-refractivity contribution in [3.63, 3.8) is 0 Å². The Bertz CT molecular complexity index is 1260. The van der Waals surface area contributed by atoms with Gasteiger partial charge in [0.2, 0.25) is 0 Å². The summed E-state index contributed by atoms with van der Waals surface area (Å²) in [7, 11) is 0. The minimum atomic E-state index is -4.57. The lowest BCUT2D eigenvalue weighted by molar-refractivity contribution is -0.137. The second-order valence-corrected chi connectivity index (χ2v) is 7.67. The lowest BCUT2D eigenvalue weighted by Crippen LogP contribution is -2.29. The number of alkyl halides is 3. The molecule has 2 N–H and O–H groups in total. The van der Waals surface area contributed by atoms with E-state index in [1.54, 1.807) is 30.3 Å². The number of hydrogen-bond acceptors (Lipinski definition) is 4. The number of aliphatic hydroxyl groups excluding tert-OH is 1. The van der Waals surface area contributed by atoms with Crippen molar-refractivity contribution >= 4 is 23.1 Å². The van der Waals surface area contributed by atoms with Gasteiger partial charge in [0, 0.05) is 11.3 Å². The normalized spacial score (nSPS) is 18.1. The minimum Gasteiger partial charge on any atom is -0.508 e. The molecule has 1 atom stereocenters. The predicted octanol–water partition coefficient (Wildman–Crippen LogP) is 5.35. The quantitative estimate of drug-likeness (QED) is 0.319. The van der Waals surface area contributed by atoms with E-state index < -0.39 is 35.2 Å². The zero-order valence-corrected chi connectivity index (χ0v) is 17.3. The van der Waals surface area contributed by atoms with Gasteiger partial charge in [-0.05, 0) is 48.9 Å². The van der Waals surface area contributed by atoms with Crippen LogP contribution in [-0.4, -0.2) is 21.9 Å². The molecule has 1 fully saturated rings. The topological polar surface area (TPSA) is 77.8 Å². The van der Waals surface area contributed by atoms with Crippen LogP contribution in [0.4, 0.5) is 18.9 Å². The Balaban J connectivity index is 1.91. The molecule has 3 aromatic carbocycles. The highest BCUT2D eigenvalue weighted by molar-refractivity contribution is 6.51. The molecule has 0 saturated carbocycles. The fourth-order valence-corrected chi connectivity index (χ4v) is 3.79. The van der Waals surface area contributed by atoms with Gasteiger partial charge in [0.15, 0.2) is 0 Å². The summed E-state index contributed by atoms with van der Waals surface area (Å²) in [6, 6.07) is 15.1. The number of halogens is 3. The number of carbonyl (C=O) groups is 2. The number of amides is 1. The zero-order chi connectivity index (χ0) is 23.9. The molecule has 0 spiro atoms. The number of aliphatic hydroxyl groups is 1. The standard InChI is InChI=1S/C25H18F3NO4/c1-14-5-7-15(8-6-14)22(31)20-21(16-3-2-4-19(30)13-16)29(24(33)23(20)32)18-11-9-17(10-12-18)25(26,27)28/h2-13,21,30-31H,1H3/b22-20+. The van der Waals surface area contributed by atoms with Crippen LogP contribution >= 0.6 is 0 Å². The molecule has 0 aromatic heterocycles. The lowest BCUT2D eigenvalue weighted by atomic mass is 9.94. The van der Waals surface area contributed by atoms with Gasteiger partial charge in [-0.3, -0.25) is 14.5 Å². The largest absolute Gasteiger partial charge is 0.508 e. The summed E-state index contributed by atoms with van der Waals surface area (Å²) in [5.74, 6) is -2.55. The smallest absolute Gasteiger partial charge is 0.416 e. The fourth-order valence-electron chi connectivity index (χ4n) is 3.79. The summed E-state index contributed by atoms with van der Waals surface area (Å²) in [6.45, 7) is 1.85. The monoisotopic (exact) mass is 453 g/mol. The van der Waals surface area contributed by atoms with Crippen molar-refractivity contribution in [3.05, 3.63) is 101 Å². The van der Waals surface area contributed by atoms with Gasteiger partial charge < -0.3 is 10.2 Å². The molecule has 33 heavy (non-hydrogen) atoms. The molecule has 8 heteroatoms. The van der Waals surface area contributed by atoms with Gasteiger partial charge in [-0.25, -0.2) is 0 Å². The number of aryl methyl sites for hydroxylation is 1. The van der Waals surface area contributed by atoms with Gasteiger partial charge >= 0.3 is 6.18 Å². The minimum absolute atomic E-state index is 0.0430. The van der Waals surface area contributed by atoms with Crippen LogP contribution in [0.15, 0.2) is 78.4 Å². The van der Waals surface area contributed by atoms with E-state index in [2.05, 4.69) is 0 Å². The average molecular weight is 453 g/mol. The van der Waals surface area contributed by atoms with Gasteiger partial charge in [0.25, 0.3) is 11.7 Å². The first-order valence-electron chi connectivity index (χ1n) is 9.92. The average Bonchev–Trinajstić information content (AvgIpc) is 3.04. The lowest BCUT2D eigenvalue weighted by Gasteiger charge is -2.26. The van der Waals surface area contributed by atoms with Crippen LogP contribution in [-0.2, 0) is 15.8 Å². The number of carbonyl (C=O) groups excluding carboxylic acids is 2. The van der Waals surface area contributed by atoms with Crippen molar-refractivity contribution in [3.8, 4) is 5.75 Å². The van der Waals surface area contributed by atoms with E-state index in [-0.39, 0.29) is 17.0 Å². The third kappa shape index (κ3) is 4.07. The number of Topliss-reactive ketones (excluding diaryl/α,β-unsaturated/α-hetero) is 1. The molecule has 1 amide bonds. The molecule has 1 aliphatic heterocycles. The number of benzene rings is 3. The van der Waals surface area contributed by atoms with E-state index in [0.29, 0.717) is 11.1 Å². The van der Waals surface area contributed by atoms with Crippen molar-refractivity contribution in [1.82, 2.24) is 0 Å². The van der Waals surface area contributed by atoms with E-state index in [1.165, 1.54) is 18.2 Å². The van der Waals surface area contributed by atoms with Crippen molar-refractivity contribution in [2.75, 3.05) is 4.90 Å². The molecule has 1 heterocycles. The summed E-state index contributed by atoms with van der Waals surface area (Å²) >= 11 is 0. The molecule has 1 saturated heterocycles. The Labute approximate surface area is 187 Å². The molecule has 4 rings (SSSR count). The first-order chi connectivity index (χ1) is 15.6. The Kier molecular flexibility index (Phi) is 5.45. The van der Waals surface area contributed by atoms with Gasteiger partial charge in [0.05, 0.1) is 17.2 Å². The van der Waals surface area contributed by atoms with Gasteiger partial charge in [-0.2, -0.15) is 13.2 Å². The van der Waals surface area contributed by atoms with E-state index in [4.69, 9.17) is 0 Å². The van der Waals surface area contributed by atoms with Crippen LogP contribution in [0.2, 0.25) is 0 Å². The number of aromatic hydroxyl groups is 1. The first-order valence-corrected chi connectivity index (χ1v) is 9.92. The predicted molar refractivity (Wildman–Crippen MR) is 116 cm³/mol. The number of anilines is 1. The Hall–Kier alpha value is -4.07. The van der Waals surface area contributed by atoms with Crippen molar-refractivity contribution in [2.45, 2.75) is 19.1 Å². The molecule has 168 valence electrons. The Morgan fingerprint density at radius 3 is 2.15 bits per heavy atom. The van der Waals surface area contributed by atoms with E-state index in [0.717, 1.165) is 34.7 Å². The second kappa shape index (κ2) is 8.12. The SMILES string of the molecule is Cc1ccc(/C(O)=C2\C(=O)C(=O)N(c3ccc(C(F)(F)F)cc3)C2c2cccc(O)c2)cc1. The number of hydrogen-bond donors (Lipinski definition) is 2. The van der Waals surface area contributed by atoms with Crippen LogP contribution in [0.5, 0.6) is 5.75 Å². The van der Waals surface area contributed by atoms with Crippen molar-refractivity contribution in [1.29, 1.82) is 0 Å². The maximum atomic E-state index is 13.0. The highest BCUT2D eigenvalue weighted by Gasteiger charge is 2.47. The third-order valence-corrected chi connectivity index (χ3v) is 5.43. The number of phenolic OH excluding ortho intramolecular Hbond substituents is 1. The highest BCUT2D eigenvalue weighted by Crippen LogP contribution is 2.43. The van der Waals surface area contributed by atoms with E-state index in [1.807, 2.05) is 6.92 Å². The molecule has 1 aliphatic rings. The van der Waals surface area contributed by atoms with Crippen LogP contribution in [0.1, 0.15) is 28.3 Å². The molecule has 3 aromatic rings. The second-order valence-electron chi connectivity index (χ2n) is 7.67. The maximum Gasteiger partial charge on any atom is 0.416 e. The molecular weight excluding hydrogens is 435 g/mol. The number of rotatable bonds is 3. The zero-order valence-electron chi connectivity index (χ0n) is 17.3. The summed E-state index contributed by atoms with van der Waals surface area (Å²) in [4.78, 5) is 27.0. The van der Waals surface area contributed by atoms with Crippen LogP contribution < -0.4 is 4.90 Å². The molecule has 0 bridgehead atoms. The number of phenols is 1. The summed E-state index contributed by atoms with van der Waals surface area (Å²) in [6.07, 6.45) is -4.57. The van der Waals surface area contributed by atoms with Crippen LogP contribution in [0, 0.1) is 6.92 Å². The summed E-state index contributed by atoms with van der Waals surface area (Å²) in [5, 5.41) is 21.0. The number of ketones is 1. The van der Waals surface area contributed by atoms with E-state index >= 15 is 0 Å². The molecule has 0 radical (unpaired) electrons. The Morgan fingerprint density at radius 1 is 0.939 bits per heavy atom. The highest BCUT2D eigenvalue weighted by atomic mass is 19.4. The van der Waals surface area contributed by atoms with Gasteiger partial charge in [0.1, 0.15) is 11.5 Å². The maximum absolute atomic E-state index is 13.0. The molecule has 0 aliphatic carbocycles. The summed E-state index contributed by atoms with van der Waals surface area (Å²) < 4.78 is 39.0. The number of nitrogens with zero attached hydrogens (tertiary/aromatic N) is 1. The first kappa shape index (κ1) is 22.1. The molecular formula is C25H18F3NO4.